The number of aliphatic carboxylic acids is 1. The molecule has 3 N–H and O–H groups in total. The van der Waals surface area contributed by atoms with Gasteiger partial charge in [0.05, 0.1) is 4.47 Å². The van der Waals surface area contributed by atoms with Crippen molar-refractivity contribution in [3.8, 4) is 0 Å². The summed E-state index contributed by atoms with van der Waals surface area (Å²) in [6.07, 6.45) is 1.46. The van der Waals surface area contributed by atoms with Gasteiger partial charge in [-0.3, -0.25) is 0 Å². The Balaban J connectivity index is 2.65. The van der Waals surface area contributed by atoms with Crippen LogP contribution in [0, 0.1) is 5.82 Å². The minimum Gasteiger partial charge on any atom is -0.480 e. The molecule has 0 bridgehead atoms. The van der Waals surface area contributed by atoms with E-state index in [1.54, 1.807) is 6.07 Å². The second kappa shape index (κ2) is 3.82. The van der Waals surface area contributed by atoms with Gasteiger partial charge in [-0.25, -0.2) is 9.18 Å². The lowest BCUT2D eigenvalue weighted by molar-refractivity contribution is -0.144. The van der Waals surface area contributed by atoms with Crippen molar-refractivity contribution in [3.05, 3.63) is 33.5 Å². The molecule has 1 aliphatic carbocycles. The molecule has 5 heteroatoms. The van der Waals surface area contributed by atoms with Gasteiger partial charge >= 0.3 is 5.97 Å². The Morgan fingerprint density at radius 1 is 1.56 bits per heavy atom. The van der Waals surface area contributed by atoms with E-state index < -0.39 is 17.3 Å². The predicted octanol–water partition coefficient (Wildman–Crippen LogP) is 2.16. The lowest BCUT2D eigenvalue weighted by Crippen LogP contribution is -2.47. The van der Waals surface area contributed by atoms with Crippen LogP contribution in [0.15, 0.2) is 16.6 Å². The van der Waals surface area contributed by atoms with Crippen LogP contribution in [-0.2, 0) is 16.8 Å². The zero-order valence-corrected chi connectivity index (χ0v) is 10.1. The maximum atomic E-state index is 13.8. The Morgan fingerprint density at radius 2 is 2.25 bits per heavy atom. The van der Waals surface area contributed by atoms with Crippen molar-refractivity contribution in [2.75, 3.05) is 0 Å². The van der Waals surface area contributed by atoms with Crippen LogP contribution < -0.4 is 5.73 Å². The van der Waals surface area contributed by atoms with Crippen molar-refractivity contribution in [3.63, 3.8) is 0 Å². The molecule has 0 saturated carbocycles. The van der Waals surface area contributed by atoms with Crippen molar-refractivity contribution in [2.45, 2.75) is 24.8 Å². The number of rotatable bonds is 1. The van der Waals surface area contributed by atoms with Crippen LogP contribution >= 0.6 is 15.9 Å². The number of hydrogen-bond donors (Lipinski definition) is 2. The largest absolute Gasteiger partial charge is 0.480 e. The third-order valence-electron chi connectivity index (χ3n) is 3.06. The fourth-order valence-corrected chi connectivity index (χ4v) is 2.53. The third-order valence-corrected chi connectivity index (χ3v) is 3.67. The van der Waals surface area contributed by atoms with Crippen molar-refractivity contribution in [1.82, 2.24) is 0 Å². The quantitative estimate of drug-likeness (QED) is 0.832. The number of nitrogens with two attached hydrogens (primary N) is 1. The first-order chi connectivity index (χ1) is 7.47. The van der Waals surface area contributed by atoms with Gasteiger partial charge in [-0.1, -0.05) is 6.07 Å². The smallest absolute Gasteiger partial charge is 0.328 e. The van der Waals surface area contributed by atoms with Gasteiger partial charge < -0.3 is 10.8 Å². The second-order valence-corrected chi connectivity index (χ2v) is 4.87. The van der Waals surface area contributed by atoms with Gasteiger partial charge in [0.2, 0.25) is 0 Å². The van der Waals surface area contributed by atoms with Crippen molar-refractivity contribution in [1.29, 1.82) is 0 Å². The average Bonchev–Trinajstić information content (AvgIpc) is 2.24. The van der Waals surface area contributed by atoms with E-state index in [1.807, 2.05) is 0 Å². The van der Waals surface area contributed by atoms with Crippen molar-refractivity contribution in [2.24, 2.45) is 5.73 Å². The van der Waals surface area contributed by atoms with Gasteiger partial charge in [-0.15, -0.1) is 0 Å². The van der Waals surface area contributed by atoms with E-state index >= 15 is 0 Å². The molecule has 0 aromatic heterocycles. The third kappa shape index (κ3) is 1.55. The van der Waals surface area contributed by atoms with Crippen LogP contribution in [0.1, 0.15) is 24.0 Å². The average molecular weight is 288 g/mol. The second-order valence-electron chi connectivity index (χ2n) is 4.02. The Bertz CT molecular complexity index is 464. The van der Waals surface area contributed by atoms with Gasteiger partial charge in [0.15, 0.2) is 0 Å². The number of carboxylic acids is 1. The summed E-state index contributed by atoms with van der Waals surface area (Å²) in [5.74, 6) is -1.50. The highest BCUT2D eigenvalue weighted by Gasteiger charge is 2.41. The number of halogens is 2. The molecule has 0 amide bonds. The minimum atomic E-state index is -1.45. The highest BCUT2D eigenvalue weighted by atomic mass is 79.9. The number of hydrogen-bond acceptors (Lipinski definition) is 2. The summed E-state index contributed by atoms with van der Waals surface area (Å²) >= 11 is 3.09. The molecule has 1 aliphatic rings. The summed E-state index contributed by atoms with van der Waals surface area (Å²) in [5, 5.41) is 9.15. The van der Waals surface area contributed by atoms with Gasteiger partial charge in [-0.2, -0.15) is 0 Å². The lowest BCUT2D eigenvalue weighted by Gasteiger charge is -2.32. The molecule has 3 nitrogen and oxygen atoms in total. The van der Waals surface area contributed by atoms with Crippen LogP contribution in [0.5, 0.6) is 0 Å². The zero-order valence-electron chi connectivity index (χ0n) is 8.46. The number of fused-ring (bicyclic) bond motifs is 1. The molecule has 1 atom stereocenters. The fraction of sp³-hybridized carbons (Fsp3) is 0.364. The molecular weight excluding hydrogens is 277 g/mol. The minimum absolute atomic E-state index is 0.344. The van der Waals surface area contributed by atoms with E-state index in [0.717, 1.165) is 0 Å². The van der Waals surface area contributed by atoms with Crippen LogP contribution in [-0.4, -0.2) is 11.1 Å². The van der Waals surface area contributed by atoms with E-state index in [2.05, 4.69) is 15.9 Å². The summed E-state index contributed by atoms with van der Waals surface area (Å²) in [5.41, 5.74) is 5.22. The first kappa shape index (κ1) is 11.5. The molecule has 0 radical (unpaired) electrons. The first-order valence-electron chi connectivity index (χ1n) is 4.96. The molecule has 86 valence electrons. The molecule has 0 saturated heterocycles. The number of carbonyl (C=O) groups is 1. The Morgan fingerprint density at radius 3 is 2.88 bits per heavy atom. The van der Waals surface area contributed by atoms with Gasteiger partial charge in [0.1, 0.15) is 11.4 Å². The fourth-order valence-electron chi connectivity index (χ4n) is 2.16. The molecule has 1 aromatic carbocycles. The number of benzene rings is 1. The first-order valence-corrected chi connectivity index (χ1v) is 5.76. The molecule has 16 heavy (non-hydrogen) atoms. The lowest BCUT2D eigenvalue weighted by atomic mass is 9.77. The van der Waals surface area contributed by atoms with Crippen molar-refractivity contribution < 1.29 is 14.3 Å². The summed E-state index contributed by atoms with van der Waals surface area (Å²) in [6, 6.07) is 3.10. The zero-order chi connectivity index (χ0) is 11.9. The molecule has 0 heterocycles. The maximum Gasteiger partial charge on any atom is 0.328 e. The van der Waals surface area contributed by atoms with E-state index in [4.69, 9.17) is 10.8 Å². The molecule has 0 spiro atoms. The monoisotopic (exact) mass is 287 g/mol. The highest BCUT2D eigenvalue weighted by Crippen LogP contribution is 2.36. The van der Waals surface area contributed by atoms with Gasteiger partial charge in [0.25, 0.3) is 0 Å². The van der Waals surface area contributed by atoms with Crippen LogP contribution in [0.25, 0.3) is 0 Å². The Kier molecular flexibility index (Phi) is 2.75. The SMILES string of the molecule is N[C@@]1(C(=O)O)CCCc2c1ccc(Br)c2F. The molecular formula is C11H11BrFNO2. The summed E-state index contributed by atoms with van der Waals surface area (Å²) < 4.78 is 14.1. The van der Waals surface area contributed by atoms with E-state index in [1.165, 1.54) is 6.07 Å². The molecule has 0 fully saturated rings. The standard InChI is InChI=1S/C11H11BrFNO2/c12-8-4-3-7-6(9(8)13)2-1-5-11(7,14)10(15)16/h3-4H,1-2,5,14H2,(H,15,16)/t11-/m0/s1. The van der Waals surface area contributed by atoms with Crippen LogP contribution in [0.4, 0.5) is 4.39 Å². The predicted molar refractivity (Wildman–Crippen MR) is 60.5 cm³/mol. The van der Waals surface area contributed by atoms with Gasteiger partial charge in [0, 0.05) is 0 Å². The maximum absolute atomic E-state index is 13.8. The Hall–Kier alpha value is -0.940. The molecule has 1 aromatic rings. The molecule has 0 aliphatic heterocycles. The molecule has 2 rings (SSSR count). The summed E-state index contributed by atoms with van der Waals surface area (Å²) in [7, 11) is 0. The summed E-state index contributed by atoms with van der Waals surface area (Å²) in [4.78, 5) is 11.2. The highest BCUT2D eigenvalue weighted by molar-refractivity contribution is 9.10. The van der Waals surface area contributed by atoms with E-state index in [0.29, 0.717) is 34.9 Å². The van der Waals surface area contributed by atoms with E-state index in [-0.39, 0.29) is 0 Å². The molecule has 0 unspecified atom stereocenters. The van der Waals surface area contributed by atoms with Gasteiger partial charge in [-0.05, 0) is 52.4 Å². The normalized spacial score (nSPS) is 23.9. The van der Waals surface area contributed by atoms with E-state index in [9.17, 15) is 9.18 Å². The number of carboxylic acid groups (broad SMARTS) is 1. The van der Waals surface area contributed by atoms with Crippen LogP contribution in [0.3, 0.4) is 0 Å². The Labute approximate surface area is 101 Å². The summed E-state index contributed by atoms with van der Waals surface area (Å²) in [6.45, 7) is 0. The van der Waals surface area contributed by atoms with Crippen LogP contribution in [0.2, 0.25) is 0 Å². The topological polar surface area (TPSA) is 63.3 Å². The van der Waals surface area contributed by atoms with Crippen molar-refractivity contribution >= 4 is 21.9 Å².